The number of benzene rings is 2. The fourth-order valence-electron chi connectivity index (χ4n) is 3.32. The molecular formula is C21H20ClN3O2. The summed E-state index contributed by atoms with van der Waals surface area (Å²) in [4.78, 5) is 14.6. The van der Waals surface area contributed by atoms with Gasteiger partial charge in [-0.1, -0.05) is 17.7 Å². The standard InChI is InChI=1S/C21H20ClN3O2/c1-14-10-18(25-8-2-3-9-25)6-4-15(14)13-23-24-21(26)20-12-16-11-17(22)5-7-19(16)27-20/h4-7,10-13H,2-3,8-9H2,1H3,(H,24,26). The van der Waals surface area contributed by atoms with Crippen LogP contribution in [0.25, 0.3) is 11.0 Å². The van der Waals surface area contributed by atoms with Gasteiger partial charge in [-0.3, -0.25) is 4.79 Å². The van der Waals surface area contributed by atoms with Crippen LogP contribution in [0, 0.1) is 6.92 Å². The molecular weight excluding hydrogens is 362 g/mol. The van der Waals surface area contributed by atoms with Gasteiger partial charge in [0.25, 0.3) is 0 Å². The largest absolute Gasteiger partial charge is 0.451 e. The minimum absolute atomic E-state index is 0.200. The molecule has 5 nitrogen and oxygen atoms in total. The molecule has 0 unspecified atom stereocenters. The highest BCUT2D eigenvalue weighted by molar-refractivity contribution is 6.31. The monoisotopic (exact) mass is 381 g/mol. The van der Waals surface area contributed by atoms with Crippen LogP contribution in [0.15, 0.2) is 52.0 Å². The van der Waals surface area contributed by atoms with Gasteiger partial charge in [0.15, 0.2) is 5.76 Å². The number of furan rings is 1. The van der Waals surface area contributed by atoms with Gasteiger partial charge in [-0.05, 0) is 67.3 Å². The molecule has 3 aromatic rings. The third-order valence-electron chi connectivity index (χ3n) is 4.80. The Morgan fingerprint density at radius 3 is 2.78 bits per heavy atom. The van der Waals surface area contributed by atoms with Gasteiger partial charge >= 0.3 is 5.91 Å². The molecule has 0 spiro atoms. The van der Waals surface area contributed by atoms with Crippen molar-refractivity contribution in [2.24, 2.45) is 5.10 Å². The number of halogens is 1. The predicted octanol–water partition coefficient (Wildman–Crippen LogP) is 4.76. The van der Waals surface area contributed by atoms with Gasteiger partial charge in [0, 0.05) is 29.2 Å². The zero-order valence-corrected chi connectivity index (χ0v) is 15.8. The molecule has 0 bridgehead atoms. The minimum Gasteiger partial charge on any atom is -0.451 e. The summed E-state index contributed by atoms with van der Waals surface area (Å²) in [5, 5.41) is 5.45. The highest BCUT2D eigenvalue weighted by Gasteiger charge is 2.13. The summed E-state index contributed by atoms with van der Waals surface area (Å²) in [7, 11) is 0. The molecule has 1 aliphatic rings. The van der Waals surface area contributed by atoms with Gasteiger partial charge in [-0.25, -0.2) is 5.43 Å². The Balaban J connectivity index is 1.44. The topological polar surface area (TPSA) is 57.8 Å². The summed E-state index contributed by atoms with van der Waals surface area (Å²) < 4.78 is 5.53. The van der Waals surface area contributed by atoms with Crippen LogP contribution in [0.3, 0.4) is 0 Å². The van der Waals surface area contributed by atoms with Crippen LogP contribution >= 0.6 is 11.6 Å². The summed E-state index contributed by atoms with van der Waals surface area (Å²) >= 11 is 5.96. The summed E-state index contributed by atoms with van der Waals surface area (Å²) in [5.41, 5.74) is 6.46. The number of hydrogen-bond acceptors (Lipinski definition) is 4. The number of nitrogens with one attached hydrogen (secondary N) is 1. The molecule has 0 saturated carbocycles. The Kier molecular flexibility index (Phi) is 4.86. The summed E-state index contributed by atoms with van der Waals surface area (Å²) in [6.45, 7) is 4.28. The Bertz CT molecular complexity index is 1020. The Hall–Kier alpha value is -2.79. The van der Waals surface area contributed by atoms with Crippen molar-refractivity contribution in [2.45, 2.75) is 19.8 Å². The molecule has 0 aliphatic carbocycles. The van der Waals surface area contributed by atoms with Crippen LogP contribution in [0.5, 0.6) is 0 Å². The molecule has 1 aromatic heterocycles. The second-order valence-electron chi connectivity index (χ2n) is 6.73. The van der Waals surface area contributed by atoms with E-state index in [0.29, 0.717) is 10.6 Å². The van der Waals surface area contributed by atoms with Crippen LogP contribution in [-0.2, 0) is 0 Å². The molecule has 2 aromatic carbocycles. The molecule has 0 radical (unpaired) electrons. The number of carbonyl (C=O) groups excluding carboxylic acids is 1. The number of rotatable bonds is 4. The van der Waals surface area contributed by atoms with Gasteiger partial charge < -0.3 is 9.32 Å². The molecule has 1 N–H and O–H groups in total. The number of fused-ring (bicyclic) bond motifs is 1. The maximum absolute atomic E-state index is 12.2. The fourth-order valence-corrected chi connectivity index (χ4v) is 3.50. The second kappa shape index (κ2) is 7.45. The van der Waals surface area contributed by atoms with Crippen LogP contribution < -0.4 is 10.3 Å². The van der Waals surface area contributed by atoms with Crippen molar-refractivity contribution in [3.05, 3.63) is 64.4 Å². The first-order valence-electron chi connectivity index (χ1n) is 8.98. The molecule has 1 aliphatic heterocycles. The highest BCUT2D eigenvalue weighted by atomic mass is 35.5. The molecule has 27 heavy (non-hydrogen) atoms. The van der Waals surface area contributed by atoms with E-state index in [4.69, 9.17) is 16.0 Å². The molecule has 4 rings (SSSR count). The van der Waals surface area contributed by atoms with Gasteiger partial charge in [-0.2, -0.15) is 5.10 Å². The lowest BCUT2D eigenvalue weighted by molar-refractivity contribution is 0.0929. The smallest absolute Gasteiger partial charge is 0.307 e. The maximum atomic E-state index is 12.2. The number of aryl methyl sites for hydroxylation is 1. The van der Waals surface area contributed by atoms with E-state index in [1.165, 1.54) is 18.5 Å². The first kappa shape index (κ1) is 17.6. The van der Waals surface area contributed by atoms with E-state index in [1.807, 2.05) is 13.0 Å². The highest BCUT2D eigenvalue weighted by Crippen LogP contribution is 2.24. The van der Waals surface area contributed by atoms with E-state index in [0.717, 1.165) is 29.6 Å². The van der Waals surface area contributed by atoms with Crippen molar-refractivity contribution < 1.29 is 9.21 Å². The molecule has 1 saturated heterocycles. The van der Waals surface area contributed by atoms with Crippen molar-refractivity contribution >= 4 is 40.4 Å². The van der Waals surface area contributed by atoms with E-state index in [-0.39, 0.29) is 5.76 Å². The zero-order chi connectivity index (χ0) is 18.8. The average Bonchev–Trinajstić information content (AvgIpc) is 3.32. The summed E-state index contributed by atoms with van der Waals surface area (Å²) in [6, 6.07) is 13.2. The van der Waals surface area contributed by atoms with Crippen molar-refractivity contribution in [3.63, 3.8) is 0 Å². The Labute approximate surface area is 162 Å². The van der Waals surface area contributed by atoms with E-state index < -0.39 is 5.91 Å². The Morgan fingerprint density at radius 2 is 2.00 bits per heavy atom. The fraction of sp³-hybridized carbons (Fsp3) is 0.238. The van der Waals surface area contributed by atoms with E-state index in [1.54, 1.807) is 30.5 Å². The summed E-state index contributed by atoms with van der Waals surface area (Å²) in [6.07, 6.45) is 4.16. The minimum atomic E-state index is -0.398. The maximum Gasteiger partial charge on any atom is 0.307 e. The molecule has 1 fully saturated rings. The van der Waals surface area contributed by atoms with Crippen molar-refractivity contribution in [2.75, 3.05) is 18.0 Å². The Morgan fingerprint density at radius 1 is 1.19 bits per heavy atom. The van der Waals surface area contributed by atoms with Gasteiger partial charge in [0.2, 0.25) is 0 Å². The molecule has 1 amide bonds. The lowest BCUT2D eigenvalue weighted by Crippen LogP contribution is -2.18. The second-order valence-corrected chi connectivity index (χ2v) is 7.16. The zero-order valence-electron chi connectivity index (χ0n) is 15.0. The van der Waals surface area contributed by atoms with E-state index >= 15 is 0 Å². The number of carbonyl (C=O) groups is 1. The molecule has 2 heterocycles. The lowest BCUT2D eigenvalue weighted by atomic mass is 10.1. The van der Waals surface area contributed by atoms with Gasteiger partial charge in [-0.15, -0.1) is 0 Å². The van der Waals surface area contributed by atoms with Crippen LogP contribution in [0.2, 0.25) is 5.02 Å². The first-order chi connectivity index (χ1) is 13.1. The molecule has 6 heteroatoms. The van der Waals surface area contributed by atoms with Gasteiger partial charge in [0.1, 0.15) is 5.58 Å². The van der Waals surface area contributed by atoms with Crippen LogP contribution in [0.1, 0.15) is 34.5 Å². The van der Waals surface area contributed by atoms with E-state index in [9.17, 15) is 4.79 Å². The normalized spacial score (nSPS) is 14.4. The third kappa shape index (κ3) is 3.83. The first-order valence-corrected chi connectivity index (χ1v) is 9.36. The molecule has 138 valence electrons. The summed E-state index contributed by atoms with van der Waals surface area (Å²) in [5.74, 6) is -0.199. The van der Waals surface area contributed by atoms with Gasteiger partial charge in [0.05, 0.1) is 6.21 Å². The number of amides is 1. The number of nitrogens with zero attached hydrogens (tertiary/aromatic N) is 2. The lowest BCUT2D eigenvalue weighted by Gasteiger charge is -2.18. The van der Waals surface area contributed by atoms with E-state index in [2.05, 4.69) is 27.6 Å². The van der Waals surface area contributed by atoms with Crippen LogP contribution in [-0.4, -0.2) is 25.2 Å². The SMILES string of the molecule is Cc1cc(N2CCCC2)ccc1C=NNC(=O)c1cc2cc(Cl)ccc2o1. The average molecular weight is 382 g/mol. The van der Waals surface area contributed by atoms with Crippen molar-refractivity contribution in [1.82, 2.24) is 5.43 Å². The number of anilines is 1. The van der Waals surface area contributed by atoms with Crippen molar-refractivity contribution in [3.8, 4) is 0 Å². The third-order valence-corrected chi connectivity index (χ3v) is 5.03. The number of hydrazone groups is 1. The van der Waals surface area contributed by atoms with Crippen molar-refractivity contribution in [1.29, 1.82) is 0 Å². The number of hydrogen-bond donors (Lipinski definition) is 1. The van der Waals surface area contributed by atoms with Crippen LogP contribution in [0.4, 0.5) is 5.69 Å². The molecule has 0 atom stereocenters. The predicted molar refractivity (Wildman–Crippen MR) is 109 cm³/mol. The quantitative estimate of drug-likeness (QED) is 0.523.